The quantitative estimate of drug-likeness (QED) is 0.522. The maximum absolute atomic E-state index is 9.83. The predicted molar refractivity (Wildman–Crippen MR) is 75.5 cm³/mol. The molecular weight excluding hydrogens is 276 g/mol. The Hall–Kier alpha value is -0.240. The van der Waals surface area contributed by atoms with Crippen molar-refractivity contribution >= 4 is 0 Å². The van der Waals surface area contributed by atoms with Crippen LogP contribution in [0.3, 0.4) is 0 Å². The summed E-state index contributed by atoms with van der Waals surface area (Å²) in [6.07, 6.45) is 2.69. The van der Waals surface area contributed by atoms with Gasteiger partial charge in [-0.15, -0.1) is 0 Å². The van der Waals surface area contributed by atoms with Gasteiger partial charge in [-0.25, -0.2) is 0 Å². The maximum Gasteiger partial charge on any atom is 0.186 e. The number of hydrogen-bond acceptors (Lipinski definition) is 6. The van der Waals surface area contributed by atoms with Gasteiger partial charge >= 0.3 is 0 Å². The second-order valence-corrected chi connectivity index (χ2v) is 6.21. The van der Waals surface area contributed by atoms with Gasteiger partial charge in [0.25, 0.3) is 0 Å². The van der Waals surface area contributed by atoms with Gasteiger partial charge in [0.15, 0.2) is 6.29 Å². The molecule has 21 heavy (non-hydrogen) atoms. The molecule has 0 aromatic rings. The van der Waals surface area contributed by atoms with Crippen molar-refractivity contribution in [2.45, 2.75) is 75.7 Å². The van der Waals surface area contributed by atoms with Crippen molar-refractivity contribution in [3.63, 3.8) is 0 Å². The van der Waals surface area contributed by atoms with Crippen molar-refractivity contribution < 1.29 is 29.9 Å². The van der Waals surface area contributed by atoms with Gasteiger partial charge in [-0.2, -0.15) is 0 Å². The summed E-state index contributed by atoms with van der Waals surface area (Å²) >= 11 is 0. The minimum absolute atomic E-state index is 0.424. The highest BCUT2D eigenvalue weighted by Crippen LogP contribution is 2.27. The normalized spacial score (nSPS) is 38.6. The molecule has 0 spiro atoms. The van der Waals surface area contributed by atoms with E-state index in [4.69, 9.17) is 14.6 Å². The molecule has 2 aliphatic rings. The van der Waals surface area contributed by atoms with Crippen LogP contribution in [-0.4, -0.2) is 64.3 Å². The average molecular weight is 304 g/mol. The topological polar surface area (TPSA) is 99.4 Å². The standard InChI is InChI=1S/C15H28O6/c16-9-11-12(17)13(18)14(19)15(21-11)20-8-4-7-10-5-2-1-3-6-10/h10-19H,1-9H2/t11-,12-,13+,14-,15?/m1/s1. The Bertz CT molecular complexity index is 292. The lowest BCUT2D eigenvalue weighted by atomic mass is 9.86. The first-order valence-corrected chi connectivity index (χ1v) is 8.05. The molecule has 1 heterocycles. The molecule has 5 atom stereocenters. The molecule has 0 aromatic carbocycles. The number of aliphatic hydroxyl groups is 4. The Morgan fingerprint density at radius 2 is 1.67 bits per heavy atom. The smallest absolute Gasteiger partial charge is 0.186 e. The van der Waals surface area contributed by atoms with Crippen LogP contribution < -0.4 is 0 Å². The molecule has 2 rings (SSSR count). The summed E-state index contributed by atoms with van der Waals surface area (Å²) < 4.78 is 10.8. The first kappa shape index (κ1) is 17.1. The molecule has 0 radical (unpaired) electrons. The highest BCUT2D eigenvalue weighted by Gasteiger charge is 2.43. The molecule has 0 aromatic heterocycles. The molecular formula is C15H28O6. The largest absolute Gasteiger partial charge is 0.394 e. The fraction of sp³-hybridized carbons (Fsp3) is 1.00. The van der Waals surface area contributed by atoms with Crippen LogP contribution in [0.25, 0.3) is 0 Å². The minimum atomic E-state index is -1.36. The van der Waals surface area contributed by atoms with Gasteiger partial charge in [-0.05, 0) is 18.8 Å². The predicted octanol–water partition coefficient (Wildman–Crippen LogP) is 0.163. The Balaban J connectivity index is 1.69. The van der Waals surface area contributed by atoms with Gasteiger partial charge in [0.1, 0.15) is 24.4 Å². The molecule has 4 N–H and O–H groups in total. The molecule has 1 saturated carbocycles. The first-order chi connectivity index (χ1) is 10.1. The molecule has 6 heteroatoms. The van der Waals surface area contributed by atoms with E-state index in [0.717, 1.165) is 18.8 Å². The summed E-state index contributed by atoms with van der Waals surface area (Å²) in [7, 11) is 0. The lowest BCUT2D eigenvalue weighted by Gasteiger charge is -2.39. The zero-order valence-corrected chi connectivity index (χ0v) is 12.4. The third kappa shape index (κ3) is 4.61. The van der Waals surface area contributed by atoms with Gasteiger partial charge in [-0.3, -0.25) is 0 Å². The molecule has 0 bridgehead atoms. The molecule has 2 fully saturated rings. The van der Waals surface area contributed by atoms with Gasteiger partial charge in [0.05, 0.1) is 6.61 Å². The van der Waals surface area contributed by atoms with Crippen molar-refractivity contribution in [2.24, 2.45) is 5.92 Å². The van der Waals surface area contributed by atoms with Gasteiger partial charge in [0, 0.05) is 6.61 Å². The van der Waals surface area contributed by atoms with Gasteiger partial charge in [0.2, 0.25) is 0 Å². The zero-order valence-electron chi connectivity index (χ0n) is 12.4. The number of hydrogen-bond donors (Lipinski definition) is 4. The third-order valence-corrected chi connectivity index (χ3v) is 4.61. The maximum atomic E-state index is 9.83. The van der Waals surface area contributed by atoms with Crippen LogP contribution in [-0.2, 0) is 9.47 Å². The van der Waals surface area contributed by atoms with Gasteiger partial charge in [-0.1, -0.05) is 32.1 Å². The zero-order chi connectivity index (χ0) is 15.2. The van der Waals surface area contributed by atoms with Crippen molar-refractivity contribution in [1.29, 1.82) is 0 Å². The van der Waals surface area contributed by atoms with Crippen LogP contribution in [0.4, 0.5) is 0 Å². The van der Waals surface area contributed by atoms with Crippen molar-refractivity contribution in [1.82, 2.24) is 0 Å². The highest BCUT2D eigenvalue weighted by molar-refractivity contribution is 4.88. The summed E-state index contributed by atoms with van der Waals surface area (Å²) in [6, 6.07) is 0. The van der Waals surface area contributed by atoms with Crippen LogP contribution in [0, 0.1) is 5.92 Å². The minimum Gasteiger partial charge on any atom is -0.394 e. The molecule has 1 aliphatic carbocycles. The highest BCUT2D eigenvalue weighted by atomic mass is 16.7. The Morgan fingerprint density at radius 3 is 2.33 bits per heavy atom. The molecule has 1 saturated heterocycles. The first-order valence-electron chi connectivity index (χ1n) is 8.05. The molecule has 0 amide bonds. The van der Waals surface area contributed by atoms with E-state index in [1.54, 1.807) is 0 Å². The summed E-state index contributed by atoms with van der Waals surface area (Å²) in [5.74, 6) is 0.775. The Labute approximate surface area is 125 Å². The molecule has 6 nitrogen and oxygen atoms in total. The number of aliphatic hydroxyl groups excluding tert-OH is 4. The number of rotatable bonds is 6. The van der Waals surface area contributed by atoms with Crippen LogP contribution in [0.1, 0.15) is 44.9 Å². The fourth-order valence-electron chi connectivity index (χ4n) is 3.25. The van der Waals surface area contributed by atoms with Crippen LogP contribution >= 0.6 is 0 Å². The lowest BCUT2D eigenvalue weighted by Crippen LogP contribution is -2.59. The van der Waals surface area contributed by atoms with Crippen molar-refractivity contribution in [2.75, 3.05) is 13.2 Å². The molecule has 124 valence electrons. The van der Waals surface area contributed by atoms with E-state index >= 15 is 0 Å². The summed E-state index contributed by atoms with van der Waals surface area (Å²) in [6.45, 7) is 0.0199. The summed E-state index contributed by atoms with van der Waals surface area (Å²) in [5, 5.41) is 38.2. The summed E-state index contributed by atoms with van der Waals surface area (Å²) in [4.78, 5) is 0. The van der Waals surface area contributed by atoms with Gasteiger partial charge < -0.3 is 29.9 Å². The van der Waals surface area contributed by atoms with E-state index in [-0.39, 0.29) is 0 Å². The van der Waals surface area contributed by atoms with Crippen LogP contribution in [0.2, 0.25) is 0 Å². The van der Waals surface area contributed by atoms with Crippen LogP contribution in [0.5, 0.6) is 0 Å². The Kier molecular flexibility index (Phi) is 6.85. The molecule has 1 aliphatic heterocycles. The van der Waals surface area contributed by atoms with E-state index in [1.165, 1.54) is 32.1 Å². The fourth-order valence-corrected chi connectivity index (χ4v) is 3.25. The van der Waals surface area contributed by atoms with E-state index in [9.17, 15) is 15.3 Å². The van der Waals surface area contributed by atoms with Crippen molar-refractivity contribution in [3.05, 3.63) is 0 Å². The second-order valence-electron chi connectivity index (χ2n) is 6.21. The monoisotopic (exact) mass is 304 g/mol. The second kappa shape index (κ2) is 8.41. The van der Waals surface area contributed by atoms with E-state index in [2.05, 4.69) is 0 Å². The lowest BCUT2D eigenvalue weighted by molar-refractivity contribution is -0.301. The van der Waals surface area contributed by atoms with E-state index < -0.39 is 37.3 Å². The van der Waals surface area contributed by atoms with Crippen molar-refractivity contribution in [3.8, 4) is 0 Å². The van der Waals surface area contributed by atoms with E-state index in [1.807, 2.05) is 0 Å². The Morgan fingerprint density at radius 1 is 0.952 bits per heavy atom. The molecule has 1 unspecified atom stereocenters. The van der Waals surface area contributed by atoms with Crippen LogP contribution in [0.15, 0.2) is 0 Å². The average Bonchev–Trinajstić information content (AvgIpc) is 2.52. The van der Waals surface area contributed by atoms with E-state index in [0.29, 0.717) is 6.61 Å². The summed E-state index contributed by atoms with van der Waals surface area (Å²) in [5.41, 5.74) is 0. The number of ether oxygens (including phenoxy) is 2. The third-order valence-electron chi connectivity index (χ3n) is 4.61. The SMILES string of the molecule is OC[C@H]1OC(OCCCC2CCCCC2)[C@H](O)[C@@H](O)[C@@H]1O.